The van der Waals surface area contributed by atoms with Crippen molar-refractivity contribution in [2.24, 2.45) is 0 Å². The van der Waals surface area contributed by atoms with Crippen molar-refractivity contribution in [1.82, 2.24) is 14.5 Å². The van der Waals surface area contributed by atoms with E-state index in [-0.39, 0.29) is 23.0 Å². The van der Waals surface area contributed by atoms with Crippen molar-refractivity contribution < 1.29 is 22.4 Å². The largest absolute Gasteiger partial charge is 0.352 e. The Morgan fingerprint density at radius 3 is 2.27 bits per heavy atom. The van der Waals surface area contributed by atoms with Crippen LogP contribution >= 0.6 is 11.6 Å². The number of hydrogen-bond acceptors (Lipinski definition) is 4. The summed E-state index contributed by atoms with van der Waals surface area (Å²) in [5.41, 5.74) is 0.220. The van der Waals surface area contributed by atoms with Gasteiger partial charge in [0.25, 0.3) is 0 Å². The molecule has 0 fully saturated rings. The van der Waals surface area contributed by atoms with Gasteiger partial charge in [-0.3, -0.25) is 9.59 Å². The molecule has 10 heteroatoms. The topological polar surface area (TPSA) is 86.8 Å². The van der Waals surface area contributed by atoms with E-state index in [0.717, 1.165) is 4.31 Å². The summed E-state index contributed by atoms with van der Waals surface area (Å²) >= 11 is 5.83. The van der Waals surface area contributed by atoms with Crippen LogP contribution in [0.3, 0.4) is 0 Å². The van der Waals surface area contributed by atoms with E-state index in [0.29, 0.717) is 11.4 Å². The number of nitrogens with one attached hydrogen (secondary N) is 1. The summed E-state index contributed by atoms with van der Waals surface area (Å²) in [7, 11) is -2.71. The van der Waals surface area contributed by atoms with E-state index < -0.39 is 40.2 Å². The second kappa shape index (κ2) is 11.6. The fourth-order valence-corrected chi connectivity index (χ4v) is 4.26. The molecule has 2 unspecified atom stereocenters. The quantitative estimate of drug-likeness (QED) is 0.545. The molecule has 0 heterocycles. The Bertz CT molecular complexity index is 1080. The van der Waals surface area contributed by atoms with Crippen molar-refractivity contribution in [3.8, 4) is 0 Å². The van der Waals surface area contributed by atoms with Gasteiger partial charge < -0.3 is 10.2 Å². The van der Waals surface area contributed by atoms with Gasteiger partial charge in [0.1, 0.15) is 11.9 Å². The van der Waals surface area contributed by atoms with Gasteiger partial charge in [0.05, 0.1) is 11.4 Å². The zero-order valence-corrected chi connectivity index (χ0v) is 20.7. The molecule has 1 N–H and O–H groups in total. The van der Waals surface area contributed by atoms with E-state index in [2.05, 4.69) is 5.32 Å². The lowest BCUT2D eigenvalue weighted by atomic mass is 10.1. The van der Waals surface area contributed by atoms with E-state index >= 15 is 0 Å². The second-order valence-corrected chi connectivity index (χ2v) is 10.3. The van der Waals surface area contributed by atoms with Crippen LogP contribution in [0, 0.1) is 5.82 Å². The van der Waals surface area contributed by atoms with Crippen molar-refractivity contribution in [1.29, 1.82) is 0 Å². The van der Waals surface area contributed by atoms with Crippen LogP contribution in [0.15, 0.2) is 53.4 Å². The number of amides is 2. The smallest absolute Gasteiger partial charge is 0.243 e. The SMILES string of the molecule is CCC(C)NC(=O)C(C)N(Cc1ccccc1F)C(=O)CN(C)S(=O)(=O)c1ccc(Cl)cc1. The zero-order valence-electron chi connectivity index (χ0n) is 19.1. The number of nitrogens with zero attached hydrogens (tertiary/aromatic N) is 2. The summed E-state index contributed by atoms with van der Waals surface area (Å²) in [6.45, 7) is 4.56. The lowest BCUT2D eigenvalue weighted by Crippen LogP contribution is -2.52. The molecule has 2 aromatic rings. The monoisotopic (exact) mass is 497 g/mol. The molecule has 0 saturated carbocycles. The van der Waals surface area contributed by atoms with E-state index in [1.165, 1.54) is 61.3 Å². The van der Waals surface area contributed by atoms with E-state index in [9.17, 15) is 22.4 Å². The molecule has 2 aromatic carbocycles. The molecular weight excluding hydrogens is 469 g/mol. The van der Waals surface area contributed by atoms with Crippen molar-refractivity contribution in [2.45, 2.75) is 50.7 Å². The Balaban J connectivity index is 2.29. The summed E-state index contributed by atoms with van der Waals surface area (Å²) in [5.74, 6) is -1.56. The first kappa shape index (κ1) is 26.8. The highest BCUT2D eigenvalue weighted by Crippen LogP contribution is 2.19. The number of carbonyl (C=O) groups is 2. The minimum atomic E-state index is -3.98. The molecule has 180 valence electrons. The van der Waals surface area contributed by atoms with Crippen LogP contribution < -0.4 is 5.32 Å². The van der Waals surface area contributed by atoms with Gasteiger partial charge in [-0.05, 0) is 50.6 Å². The fraction of sp³-hybridized carbons (Fsp3) is 0.391. The Kier molecular flexibility index (Phi) is 9.39. The van der Waals surface area contributed by atoms with E-state index in [1.54, 1.807) is 6.07 Å². The highest BCUT2D eigenvalue weighted by Gasteiger charge is 2.31. The van der Waals surface area contributed by atoms with Gasteiger partial charge in [-0.25, -0.2) is 12.8 Å². The third-order valence-electron chi connectivity index (χ3n) is 5.35. The maximum Gasteiger partial charge on any atom is 0.243 e. The number of rotatable bonds is 10. The Morgan fingerprint density at radius 1 is 1.09 bits per heavy atom. The van der Waals surface area contributed by atoms with Gasteiger partial charge in [0.15, 0.2) is 0 Å². The number of sulfonamides is 1. The van der Waals surface area contributed by atoms with Gasteiger partial charge >= 0.3 is 0 Å². The van der Waals surface area contributed by atoms with Crippen LogP contribution in [0.5, 0.6) is 0 Å². The molecule has 0 radical (unpaired) electrons. The maximum absolute atomic E-state index is 14.3. The van der Waals surface area contributed by atoms with E-state index in [4.69, 9.17) is 11.6 Å². The van der Waals surface area contributed by atoms with Crippen LogP contribution in [0.25, 0.3) is 0 Å². The number of carbonyl (C=O) groups excluding carboxylic acids is 2. The molecule has 0 aliphatic heterocycles. The van der Waals surface area contributed by atoms with Gasteiger partial charge in [0.2, 0.25) is 21.8 Å². The molecule has 7 nitrogen and oxygen atoms in total. The van der Waals surface area contributed by atoms with Crippen LogP contribution in [-0.2, 0) is 26.2 Å². The average Bonchev–Trinajstić information content (AvgIpc) is 2.78. The third-order valence-corrected chi connectivity index (χ3v) is 7.42. The lowest BCUT2D eigenvalue weighted by Gasteiger charge is -2.31. The predicted molar refractivity (Wildman–Crippen MR) is 126 cm³/mol. The first-order valence-corrected chi connectivity index (χ1v) is 12.3. The number of benzene rings is 2. The molecule has 0 aliphatic carbocycles. The van der Waals surface area contributed by atoms with Crippen molar-refractivity contribution in [3.63, 3.8) is 0 Å². The highest BCUT2D eigenvalue weighted by molar-refractivity contribution is 7.89. The second-order valence-electron chi connectivity index (χ2n) is 7.82. The predicted octanol–water partition coefficient (Wildman–Crippen LogP) is 3.43. The first-order chi connectivity index (χ1) is 15.5. The normalized spacial score (nSPS) is 13.4. The van der Waals surface area contributed by atoms with Crippen molar-refractivity contribution in [3.05, 3.63) is 64.9 Å². The number of hydrogen-bond donors (Lipinski definition) is 1. The van der Waals surface area contributed by atoms with Crippen LogP contribution in [-0.4, -0.2) is 55.1 Å². The Labute approximate surface area is 199 Å². The van der Waals surface area contributed by atoms with Crippen molar-refractivity contribution >= 4 is 33.4 Å². The standard InChI is InChI=1S/C23H29ClFN3O4S/c1-5-16(2)26-23(30)17(3)28(14-18-8-6-7-9-21(18)25)22(29)15-27(4)33(31,32)20-12-10-19(24)11-13-20/h6-13,16-17H,5,14-15H2,1-4H3,(H,26,30). The summed E-state index contributed by atoms with van der Waals surface area (Å²) in [6, 6.07) is 10.4. The van der Waals surface area contributed by atoms with E-state index in [1.807, 2.05) is 13.8 Å². The third kappa shape index (κ3) is 6.99. The van der Waals surface area contributed by atoms with Gasteiger partial charge in [-0.1, -0.05) is 36.7 Å². The Morgan fingerprint density at radius 2 is 1.70 bits per heavy atom. The zero-order chi connectivity index (χ0) is 24.8. The van der Waals surface area contributed by atoms with Crippen LogP contribution in [0.2, 0.25) is 5.02 Å². The lowest BCUT2D eigenvalue weighted by molar-refractivity contribution is -0.140. The minimum Gasteiger partial charge on any atom is -0.352 e. The number of halogens is 2. The van der Waals surface area contributed by atoms with Crippen LogP contribution in [0.4, 0.5) is 4.39 Å². The molecule has 0 bridgehead atoms. The fourth-order valence-electron chi connectivity index (χ4n) is 3.01. The summed E-state index contributed by atoms with van der Waals surface area (Å²) < 4.78 is 40.9. The molecule has 33 heavy (non-hydrogen) atoms. The molecule has 0 spiro atoms. The minimum absolute atomic E-state index is 0.0228. The molecular formula is C23H29ClFN3O4S. The molecule has 2 atom stereocenters. The summed E-state index contributed by atoms with van der Waals surface area (Å²) in [5, 5.41) is 3.19. The summed E-state index contributed by atoms with van der Waals surface area (Å²) in [4.78, 5) is 27.1. The summed E-state index contributed by atoms with van der Waals surface area (Å²) in [6.07, 6.45) is 0.696. The van der Waals surface area contributed by atoms with Crippen LogP contribution in [0.1, 0.15) is 32.8 Å². The molecule has 2 rings (SSSR count). The highest BCUT2D eigenvalue weighted by atomic mass is 35.5. The Hall–Kier alpha value is -2.49. The number of likely N-dealkylation sites (N-methyl/N-ethyl adjacent to an activating group) is 1. The van der Waals surface area contributed by atoms with Gasteiger partial charge in [-0.2, -0.15) is 4.31 Å². The first-order valence-electron chi connectivity index (χ1n) is 10.5. The maximum atomic E-state index is 14.3. The van der Waals surface area contributed by atoms with Gasteiger partial charge in [-0.15, -0.1) is 0 Å². The molecule has 2 amide bonds. The molecule has 0 saturated heterocycles. The average molecular weight is 498 g/mol. The molecule has 0 aliphatic rings. The molecule has 0 aromatic heterocycles. The van der Waals surface area contributed by atoms with Crippen molar-refractivity contribution in [2.75, 3.05) is 13.6 Å². The van der Waals surface area contributed by atoms with Gasteiger partial charge in [0, 0.05) is 30.2 Å².